The van der Waals surface area contributed by atoms with Gasteiger partial charge in [0.05, 0.1) is 6.26 Å². The molecular formula is C40H71ClFN4O2PS. The molecule has 1 saturated heterocycles. The van der Waals surface area contributed by atoms with Gasteiger partial charge in [0.25, 0.3) is 10.0 Å². The highest BCUT2D eigenvalue weighted by molar-refractivity contribution is 7.89. The minimum Gasteiger partial charge on any atom is -0.340 e. The Hall–Kier alpha value is -1.83. The van der Waals surface area contributed by atoms with Gasteiger partial charge in [-0.15, -0.1) is 13.6 Å². The van der Waals surface area contributed by atoms with Gasteiger partial charge in [0.1, 0.15) is 12.5 Å². The Kier molecular flexibility index (Phi) is 29.9. The molecule has 0 radical (unpaired) electrons. The van der Waals surface area contributed by atoms with Crippen LogP contribution in [0.4, 0.5) is 4.39 Å². The second-order valence-electron chi connectivity index (χ2n) is 12.4. The Morgan fingerprint density at radius 1 is 1.10 bits per heavy atom. The van der Waals surface area contributed by atoms with Crippen molar-refractivity contribution in [3.05, 3.63) is 82.4 Å². The standard InChI is InChI=1S/C20H36FN2P.C18H29ClN2O2S.C2H6/c1-5-13-23(17(3)6-2)20-10-14-22(15-11-20)16-19(9-12-21)8-7-18(4)24;1-7-10-11-12-15(5)18(21-24(6,22)23)20-16(9-3)13-17(19)14(4)8-2;1-2/h7-9,17,20H,4-6,10-16,24H2,1-3H3;8-9,13H,5,7,10-12H2,1-4,6H3,(H,20,21);1-2H3/b8-7-,19-9+;14-8+,16-9+,17-13+;. The first kappa shape index (κ1) is 50.3. The molecule has 10 heteroatoms. The summed E-state index contributed by atoms with van der Waals surface area (Å²) in [5.41, 5.74) is 3.31. The Labute approximate surface area is 315 Å². The first-order valence-electron chi connectivity index (χ1n) is 18.4. The van der Waals surface area contributed by atoms with Gasteiger partial charge < -0.3 is 5.32 Å². The van der Waals surface area contributed by atoms with Crippen LogP contribution < -0.4 is 5.32 Å². The number of likely N-dealkylation sites (tertiary alicyclic amines) is 1. The third-order valence-electron chi connectivity index (χ3n) is 8.26. The van der Waals surface area contributed by atoms with Crippen LogP contribution in [0.5, 0.6) is 0 Å². The predicted molar refractivity (Wildman–Crippen MR) is 225 cm³/mol. The van der Waals surface area contributed by atoms with Crippen LogP contribution in [0.1, 0.15) is 114 Å². The van der Waals surface area contributed by atoms with Gasteiger partial charge in [0.2, 0.25) is 0 Å². The number of unbranched alkanes of at least 4 members (excludes halogenated alkanes) is 2. The van der Waals surface area contributed by atoms with Crippen molar-refractivity contribution in [2.45, 2.75) is 126 Å². The van der Waals surface area contributed by atoms with E-state index < -0.39 is 16.7 Å². The fourth-order valence-electron chi connectivity index (χ4n) is 5.19. The minimum atomic E-state index is -3.53. The lowest BCUT2D eigenvalue weighted by Gasteiger charge is -2.41. The molecule has 0 aliphatic carbocycles. The lowest BCUT2D eigenvalue weighted by atomic mass is 9.99. The summed E-state index contributed by atoms with van der Waals surface area (Å²) < 4.78 is 39.7. The normalized spacial score (nSPS) is 16.5. The third-order valence-corrected chi connectivity index (χ3v) is 9.38. The van der Waals surface area contributed by atoms with Gasteiger partial charge in [-0.05, 0) is 120 Å². The Balaban J connectivity index is 0. The van der Waals surface area contributed by atoms with Crippen molar-refractivity contribution < 1.29 is 12.8 Å². The number of hydrogen-bond acceptors (Lipinski definition) is 4. The molecule has 2 unspecified atom stereocenters. The fourth-order valence-corrected chi connectivity index (χ4v) is 6.02. The summed E-state index contributed by atoms with van der Waals surface area (Å²) in [5, 5.41) is 4.54. The zero-order chi connectivity index (χ0) is 38.7. The molecule has 2 atom stereocenters. The van der Waals surface area contributed by atoms with E-state index in [9.17, 15) is 12.8 Å². The molecule has 0 aromatic rings. The van der Waals surface area contributed by atoms with E-state index in [2.05, 4.69) is 69.6 Å². The molecule has 1 aliphatic rings. The lowest BCUT2D eigenvalue weighted by molar-refractivity contribution is 0.0807. The number of rotatable bonds is 19. The van der Waals surface area contributed by atoms with E-state index in [1.165, 1.54) is 32.2 Å². The lowest BCUT2D eigenvalue weighted by Crippen LogP contribution is -2.48. The molecule has 1 N–H and O–H groups in total. The zero-order valence-electron chi connectivity index (χ0n) is 33.1. The highest BCUT2D eigenvalue weighted by Crippen LogP contribution is 2.22. The van der Waals surface area contributed by atoms with Crippen molar-refractivity contribution in [1.29, 1.82) is 0 Å². The maximum absolute atomic E-state index is 12.7. The van der Waals surface area contributed by atoms with Crippen molar-refractivity contribution in [2.75, 3.05) is 39.1 Å². The molecule has 1 fully saturated rings. The van der Waals surface area contributed by atoms with Gasteiger partial charge in [-0.3, -0.25) is 9.80 Å². The van der Waals surface area contributed by atoms with Gasteiger partial charge in [0.15, 0.2) is 0 Å². The molecule has 0 spiro atoms. The maximum Gasteiger partial charge on any atom is 0.252 e. The van der Waals surface area contributed by atoms with Crippen LogP contribution in [0.2, 0.25) is 0 Å². The largest absolute Gasteiger partial charge is 0.340 e. The van der Waals surface area contributed by atoms with Crippen LogP contribution in [-0.2, 0) is 10.0 Å². The smallest absolute Gasteiger partial charge is 0.252 e. The fraction of sp³-hybridized carbons (Fsp3) is 0.625. The Morgan fingerprint density at radius 3 is 2.18 bits per heavy atom. The number of hydrogen-bond donors (Lipinski definition) is 1. The molecular weight excluding hydrogens is 686 g/mol. The first-order chi connectivity index (χ1) is 23.7. The van der Waals surface area contributed by atoms with Gasteiger partial charge in [-0.25, -0.2) is 12.8 Å². The summed E-state index contributed by atoms with van der Waals surface area (Å²) in [7, 11) is -0.964. The Bertz CT molecular complexity index is 1280. The van der Waals surface area contributed by atoms with Crippen LogP contribution in [0, 0.1) is 0 Å². The molecule has 1 heterocycles. The molecule has 0 aromatic heterocycles. The predicted octanol–water partition coefficient (Wildman–Crippen LogP) is 10.9. The summed E-state index contributed by atoms with van der Waals surface area (Å²) in [4.78, 5) is 5.16. The molecule has 50 heavy (non-hydrogen) atoms. The van der Waals surface area contributed by atoms with Crippen LogP contribution in [0.15, 0.2) is 86.8 Å². The van der Waals surface area contributed by atoms with Crippen molar-refractivity contribution in [2.24, 2.45) is 4.40 Å². The highest BCUT2D eigenvalue weighted by atomic mass is 35.5. The van der Waals surface area contributed by atoms with E-state index in [0.29, 0.717) is 34.8 Å². The number of alkyl halides is 1. The third kappa shape index (κ3) is 23.6. The van der Waals surface area contributed by atoms with Gasteiger partial charge in [0, 0.05) is 29.4 Å². The summed E-state index contributed by atoms with van der Waals surface area (Å²) in [6, 6.07) is 1.37. The highest BCUT2D eigenvalue weighted by Gasteiger charge is 2.26. The zero-order valence-corrected chi connectivity index (χ0v) is 35.9. The summed E-state index contributed by atoms with van der Waals surface area (Å²) in [6.45, 7) is 30.3. The molecule has 0 bridgehead atoms. The molecule has 1 rings (SSSR count). The molecule has 0 amide bonds. The number of piperidine rings is 1. The SMILES string of the molecule is C=C(CCCCC)/C(=N\S(C)(=O)=O)NC(=C/C)/C=C(Cl)\C(C)=C\C.C=C(P)/C=C\C(=C/CF)CN1CCC(N(CCC)C(C)CC)CC1.CC. The van der Waals surface area contributed by atoms with Crippen molar-refractivity contribution in [1.82, 2.24) is 15.1 Å². The maximum atomic E-state index is 12.7. The van der Waals surface area contributed by atoms with Crippen LogP contribution in [-0.4, -0.2) is 75.2 Å². The van der Waals surface area contributed by atoms with Gasteiger partial charge in [-0.1, -0.05) is 96.5 Å². The van der Waals surface area contributed by atoms with Crippen LogP contribution in [0.3, 0.4) is 0 Å². The van der Waals surface area contributed by atoms with Crippen molar-refractivity contribution >= 4 is 36.7 Å². The average Bonchev–Trinajstić information content (AvgIpc) is 3.09. The van der Waals surface area contributed by atoms with Gasteiger partial charge >= 0.3 is 0 Å². The average molecular weight is 758 g/mol. The quantitative estimate of drug-likeness (QED) is 0.0467. The van der Waals surface area contributed by atoms with E-state index in [1.807, 2.05) is 58.9 Å². The molecule has 0 aromatic carbocycles. The van der Waals surface area contributed by atoms with Crippen LogP contribution >= 0.6 is 20.8 Å². The molecule has 1 aliphatic heterocycles. The monoisotopic (exact) mass is 756 g/mol. The number of halogens is 2. The molecule has 0 saturated carbocycles. The van der Waals surface area contributed by atoms with E-state index >= 15 is 0 Å². The van der Waals surface area contributed by atoms with Gasteiger partial charge in [-0.2, -0.15) is 0 Å². The summed E-state index contributed by atoms with van der Waals surface area (Å²) >= 11 is 6.23. The van der Waals surface area contributed by atoms with Crippen molar-refractivity contribution in [3.8, 4) is 0 Å². The Morgan fingerprint density at radius 2 is 1.72 bits per heavy atom. The summed E-state index contributed by atoms with van der Waals surface area (Å²) in [5.74, 6) is 0.264. The number of allylic oxidation sites excluding steroid dienone is 8. The summed E-state index contributed by atoms with van der Waals surface area (Å²) in [6.07, 6.45) is 20.8. The number of nitrogens with one attached hydrogen (secondary N) is 1. The number of nitrogens with zero attached hydrogens (tertiary/aromatic N) is 3. The van der Waals surface area contributed by atoms with Crippen LogP contribution in [0.25, 0.3) is 0 Å². The molecule has 6 nitrogen and oxygen atoms in total. The molecule has 288 valence electrons. The van der Waals surface area contributed by atoms with E-state index in [4.69, 9.17) is 11.6 Å². The number of sulfonamides is 1. The van der Waals surface area contributed by atoms with E-state index in [0.717, 1.165) is 61.6 Å². The minimum absolute atomic E-state index is 0.264. The first-order valence-corrected chi connectivity index (χ1v) is 21.2. The second-order valence-corrected chi connectivity index (χ2v) is 15.2. The second kappa shape index (κ2) is 29.7. The van der Waals surface area contributed by atoms with E-state index in [-0.39, 0.29) is 5.84 Å². The van der Waals surface area contributed by atoms with Crippen molar-refractivity contribution in [3.63, 3.8) is 0 Å². The number of amidine groups is 1. The van der Waals surface area contributed by atoms with E-state index in [1.54, 1.807) is 12.2 Å². The topological polar surface area (TPSA) is 65.0 Å².